The zero-order valence-electron chi connectivity index (χ0n) is 10.8. The average Bonchev–Trinajstić information content (AvgIpc) is 2.82. The van der Waals surface area contributed by atoms with Crippen LogP contribution in [0.5, 0.6) is 0 Å². The maximum Gasteiger partial charge on any atom is 0.379 e. The van der Waals surface area contributed by atoms with E-state index < -0.39 is 11.8 Å². The zero-order valence-corrected chi connectivity index (χ0v) is 10.8. The van der Waals surface area contributed by atoms with Gasteiger partial charge in [-0.3, -0.25) is 4.79 Å². The van der Waals surface area contributed by atoms with E-state index in [-0.39, 0.29) is 0 Å². The summed E-state index contributed by atoms with van der Waals surface area (Å²) in [7, 11) is 6.70. The van der Waals surface area contributed by atoms with Gasteiger partial charge in [0.25, 0.3) is 5.78 Å². The number of aromatic nitrogens is 1. The number of nitrogens with zero attached hydrogens (tertiary/aromatic N) is 1. The zero-order chi connectivity index (χ0) is 13.8. The lowest BCUT2D eigenvalue weighted by atomic mass is 10.0. The van der Waals surface area contributed by atoms with Crippen molar-refractivity contribution < 1.29 is 14.3 Å². The highest BCUT2D eigenvalue weighted by Crippen LogP contribution is 2.22. The number of esters is 1. The summed E-state index contributed by atoms with van der Waals surface area (Å²) >= 11 is 0. The van der Waals surface area contributed by atoms with Gasteiger partial charge in [-0.25, -0.2) is 4.79 Å². The molecule has 1 heterocycles. The highest BCUT2D eigenvalue weighted by molar-refractivity contribution is 6.42. The molecule has 0 atom stereocenters. The van der Waals surface area contributed by atoms with Crippen LogP contribution in [0.25, 0.3) is 10.9 Å². The normalized spacial score (nSPS) is 10.6. The number of carbonyl (C=O) groups excluding carboxylic acids is 2. The summed E-state index contributed by atoms with van der Waals surface area (Å²) in [5.74, 6) is -1.47. The molecular weight excluding hydrogens is 241 g/mol. The molecule has 19 heavy (non-hydrogen) atoms. The number of ether oxygens (including phenoxy) is 1. The molecular formula is C14H14BNO3. The van der Waals surface area contributed by atoms with Crippen LogP contribution in [0, 0.1) is 0 Å². The fraction of sp³-hybridized carbons (Fsp3) is 0.286. The maximum atomic E-state index is 12.0. The number of methoxy groups -OCH3 is 1. The van der Waals surface area contributed by atoms with Gasteiger partial charge in [-0.1, -0.05) is 24.5 Å². The van der Waals surface area contributed by atoms with Crippen LogP contribution in [0.1, 0.15) is 16.8 Å². The molecule has 0 aliphatic carbocycles. The number of carbonyl (C=O) groups is 2. The monoisotopic (exact) mass is 255 g/mol. The number of para-hydroxylation sites is 1. The van der Waals surface area contributed by atoms with E-state index in [1.165, 1.54) is 7.11 Å². The number of rotatable bonds is 5. The van der Waals surface area contributed by atoms with Gasteiger partial charge >= 0.3 is 5.97 Å². The van der Waals surface area contributed by atoms with Gasteiger partial charge in [0.15, 0.2) is 0 Å². The molecule has 0 saturated carbocycles. The van der Waals surface area contributed by atoms with Gasteiger partial charge in [0, 0.05) is 23.6 Å². The second-order valence-corrected chi connectivity index (χ2v) is 4.22. The van der Waals surface area contributed by atoms with E-state index in [0.29, 0.717) is 18.4 Å². The van der Waals surface area contributed by atoms with Gasteiger partial charge < -0.3 is 9.30 Å². The van der Waals surface area contributed by atoms with Gasteiger partial charge in [0.2, 0.25) is 0 Å². The van der Waals surface area contributed by atoms with Gasteiger partial charge in [0.05, 0.1) is 20.5 Å². The Morgan fingerprint density at radius 2 is 2.05 bits per heavy atom. The first-order chi connectivity index (χ1) is 9.19. The molecule has 0 aliphatic heterocycles. The molecule has 2 radical (unpaired) electrons. The largest absolute Gasteiger partial charge is 0.463 e. The van der Waals surface area contributed by atoms with Gasteiger partial charge in [0.1, 0.15) is 0 Å². The molecule has 0 unspecified atom stereocenters. The maximum absolute atomic E-state index is 12.0. The number of benzene rings is 1. The minimum atomic E-state index is -0.846. The van der Waals surface area contributed by atoms with Crippen molar-refractivity contribution in [3.8, 4) is 0 Å². The summed E-state index contributed by atoms with van der Waals surface area (Å²) in [4.78, 5) is 23.3. The van der Waals surface area contributed by atoms with Crippen molar-refractivity contribution in [2.24, 2.45) is 0 Å². The summed E-state index contributed by atoms with van der Waals surface area (Å²) in [6.07, 6.45) is 3.08. The first kappa shape index (κ1) is 13.4. The van der Waals surface area contributed by atoms with E-state index in [1.807, 2.05) is 28.8 Å². The number of ketones is 1. The van der Waals surface area contributed by atoms with Crippen LogP contribution in [0.3, 0.4) is 0 Å². The van der Waals surface area contributed by atoms with Crippen molar-refractivity contribution in [3.05, 3.63) is 36.0 Å². The highest BCUT2D eigenvalue weighted by Gasteiger charge is 2.21. The lowest BCUT2D eigenvalue weighted by Gasteiger charge is -2.02. The van der Waals surface area contributed by atoms with Crippen molar-refractivity contribution in [2.45, 2.75) is 19.3 Å². The third kappa shape index (κ3) is 2.55. The Balaban J connectivity index is 2.49. The van der Waals surface area contributed by atoms with Crippen LogP contribution < -0.4 is 0 Å². The predicted octanol–water partition coefficient (Wildman–Crippen LogP) is 1.97. The standard InChI is InChI=1S/C14H14BNO3/c1-19-14(18)13(17)11-9-16(8-4-7-15)12-6-3-2-5-10(11)12/h2-3,5-6,9H,4,7-8H2,1H3. The van der Waals surface area contributed by atoms with Crippen LogP contribution >= 0.6 is 0 Å². The molecule has 5 heteroatoms. The van der Waals surface area contributed by atoms with Crippen molar-refractivity contribution in [1.29, 1.82) is 0 Å². The second-order valence-electron chi connectivity index (χ2n) is 4.22. The van der Waals surface area contributed by atoms with Crippen molar-refractivity contribution in [2.75, 3.05) is 7.11 Å². The van der Waals surface area contributed by atoms with Crippen molar-refractivity contribution >= 4 is 30.5 Å². The molecule has 2 aromatic rings. The minimum Gasteiger partial charge on any atom is -0.463 e. The first-order valence-corrected chi connectivity index (χ1v) is 6.09. The van der Waals surface area contributed by atoms with Gasteiger partial charge in [-0.05, 0) is 12.5 Å². The number of Topliss-reactive ketones (excluding diaryl/α,β-unsaturated/α-hetero) is 1. The third-order valence-electron chi connectivity index (χ3n) is 3.01. The summed E-state index contributed by atoms with van der Waals surface area (Å²) in [5, 5.41) is 0.759. The predicted molar refractivity (Wildman–Crippen MR) is 73.5 cm³/mol. The van der Waals surface area contributed by atoms with Crippen LogP contribution in [0.15, 0.2) is 30.5 Å². The van der Waals surface area contributed by atoms with Crippen LogP contribution in [0.4, 0.5) is 0 Å². The molecule has 4 nitrogen and oxygen atoms in total. The molecule has 0 bridgehead atoms. The fourth-order valence-corrected chi connectivity index (χ4v) is 2.08. The molecule has 96 valence electrons. The third-order valence-corrected chi connectivity index (χ3v) is 3.01. The van der Waals surface area contributed by atoms with Gasteiger partial charge in [-0.2, -0.15) is 0 Å². The Morgan fingerprint density at radius 3 is 2.74 bits per heavy atom. The number of aryl methyl sites for hydroxylation is 1. The molecule has 0 aliphatic rings. The molecule has 0 fully saturated rings. The van der Waals surface area contributed by atoms with E-state index in [2.05, 4.69) is 4.74 Å². The Bertz CT molecular complexity index is 618. The van der Waals surface area contributed by atoms with E-state index in [0.717, 1.165) is 17.3 Å². The molecule has 0 spiro atoms. The van der Waals surface area contributed by atoms with E-state index in [9.17, 15) is 9.59 Å². The quantitative estimate of drug-likeness (QED) is 0.355. The lowest BCUT2D eigenvalue weighted by Crippen LogP contribution is -2.15. The Morgan fingerprint density at radius 1 is 1.32 bits per heavy atom. The number of hydrogen-bond donors (Lipinski definition) is 0. The van der Waals surface area contributed by atoms with E-state index >= 15 is 0 Å². The van der Waals surface area contributed by atoms with Gasteiger partial charge in [-0.15, -0.1) is 0 Å². The van der Waals surface area contributed by atoms with Crippen LogP contribution in [-0.4, -0.2) is 31.3 Å². The van der Waals surface area contributed by atoms with Crippen molar-refractivity contribution in [1.82, 2.24) is 4.57 Å². The summed E-state index contributed by atoms with van der Waals surface area (Å²) in [6.45, 7) is 0.714. The second kappa shape index (κ2) is 5.74. The summed E-state index contributed by atoms with van der Waals surface area (Å²) in [5.41, 5.74) is 1.29. The van der Waals surface area contributed by atoms with Crippen LogP contribution in [0.2, 0.25) is 6.32 Å². The summed E-state index contributed by atoms with van der Waals surface area (Å²) < 4.78 is 6.43. The number of hydrogen-bond acceptors (Lipinski definition) is 3. The van der Waals surface area contributed by atoms with Crippen molar-refractivity contribution in [3.63, 3.8) is 0 Å². The van der Waals surface area contributed by atoms with E-state index in [4.69, 9.17) is 7.85 Å². The Labute approximate surface area is 112 Å². The Kier molecular flexibility index (Phi) is 4.05. The minimum absolute atomic E-state index is 0.375. The molecule has 1 aromatic carbocycles. The average molecular weight is 255 g/mol. The lowest BCUT2D eigenvalue weighted by molar-refractivity contribution is -0.135. The fourth-order valence-electron chi connectivity index (χ4n) is 2.08. The Hall–Kier alpha value is -2.04. The van der Waals surface area contributed by atoms with E-state index in [1.54, 1.807) is 6.20 Å². The first-order valence-electron chi connectivity index (χ1n) is 6.09. The molecule has 0 amide bonds. The summed E-state index contributed by atoms with van der Waals surface area (Å²) in [6, 6.07) is 7.47. The molecule has 0 saturated heterocycles. The molecule has 2 rings (SSSR count). The highest BCUT2D eigenvalue weighted by atomic mass is 16.5. The molecule has 1 aromatic heterocycles. The molecule has 0 N–H and O–H groups in total. The smallest absolute Gasteiger partial charge is 0.379 e. The topological polar surface area (TPSA) is 48.3 Å². The van der Waals surface area contributed by atoms with Crippen LogP contribution in [-0.2, 0) is 16.1 Å². The number of fused-ring (bicyclic) bond motifs is 1. The SMILES string of the molecule is [B]CCCn1cc(C(=O)C(=O)OC)c2ccccc21.